The Morgan fingerprint density at radius 3 is 2.88 bits per heavy atom. The van der Waals surface area contributed by atoms with Crippen molar-refractivity contribution in [3.8, 4) is 0 Å². The van der Waals surface area contributed by atoms with Crippen LogP contribution in [0.25, 0.3) is 0 Å². The minimum atomic E-state index is 0.379. The Bertz CT molecular complexity index is 337. The van der Waals surface area contributed by atoms with Crippen LogP contribution < -0.4 is 5.73 Å². The topological polar surface area (TPSA) is 35.2 Å². The van der Waals surface area contributed by atoms with Gasteiger partial charge in [-0.2, -0.15) is 0 Å². The van der Waals surface area contributed by atoms with Gasteiger partial charge in [0, 0.05) is 0 Å². The zero-order chi connectivity index (χ0) is 11.4. The van der Waals surface area contributed by atoms with E-state index in [1.54, 1.807) is 0 Å². The summed E-state index contributed by atoms with van der Waals surface area (Å²) in [6.07, 6.45) is 4.05. The molecule has 0 radical (unpaired) electrons. The van der Waals surface area contributed by atoms with Crippen LogP contribution in [0.4, 0.5) is 0 Å². The fourth-order valence-corrected chi connectivity index (χ4v) is 2.46. The zero-order valence-corrected chi connectivity index (χ0v) is 9.99. The number of benzene rings is 1. The Morgan fingerprint density at radius 1 is 1.31 bits per heavy atom. The van der Waals surface area contributed by atoms with Crippen LogP contribution in [0.1, 0.15) is 30.4 Å². The second-order valence-electron chi connectivity index (χ2n) is 4.70. The predicted molar refractivity (Wildman–Crippen MR) is 66.2 cm³/mol. The largest absolute Gasteiger partial charge is 0.373 e. The summed E-state index contributed by atoms with van der Waals surface area (Å²) in [7, 11) is 0. The van der Waals surface area contributed by atoms with Gasteiger partial charge in [-0.25, -0.2) is 0 Å². The standard InChI is InChI=1S/C14H21NO/c1-11-5-2-3-6-13(11)10-16-14-8-4-7-12(14)9-15/h2-3,5-6,12,14H,4,7-10,15H2,1H3. The van der Waals surface area contributed by atoms with Crippen molar-refractivity contribution in [1.29, 1.82) is 0 Å². The molecule has 2 atom stereocenters. The maximum Gasteiger partial charge on any atom is 0.0723 e. The monoisotopic (exact) mass is 219 g/mol. The number of rotatable bonds is 4. The first-order valence-electron chi connectivity index (χ1n) is 6.17. The Labute approximate surface area is 97.8 Å². The third-order valence-electron chi connectivity index (χ3n) is 3.61. The second-order valence-corrected chi connectivity index (χ2v) is 4.70. The number of aryl methyl sites for hydroxylation is 1. The van der Waals surface area contributed by atoms with E-state index in [0.717, 1.165) is 13.2 Å². The molecule has 0 spiro atoms. The Kier molecular flexibility index (Phi) is 3.97. The van der Waals surface area contributed by atoms with E-state index in [-0.39, 0.29) is 0 Å². The molecule has 2 heteroatoms. The van der Waals surface area contributed by atoms with E-state index < -0.39 is 0 Å². The van der Waals surface area contributed by atoms with Gasteiger partial charge in [0.05, 0.1) is 12.7 Å². The highest BCUT2D eigenvalue weighted by molar-refractivity contribution is 5.24. The fraction of sp³-hybridized carbons (Fsp3) is 0.571. The molecule has 1 aromatic rings. The van der Waals surface area contributed by atoms with Crippen molar-refractivity contribution < 1.29 is 4.74 Å². The number of nitrogens with two attached hydrogens (primary N) is 1. The summed E-state index contributed by atoms with van der Waals surface area (Å²) in [5, 5.41) is 0. The highest BCUT2D eigenvalue weighted by Crippen LogP contribution is 2.28. The molecule has 2 rings (SSSR count). The van der Waals surface area contributed by atoms with Gasteiger partial charge in [-0.05, 0) is 43.4 Å². The molecular formula is C14H21NO. The predicted octanol–water partition coefficient (Wildman–Crippen LogP) is 2.64. The SMILES string of the molecule is Cc1ccccc1COC1CCCC1CN. The minimum absolute atomic E-state index is 0.379. The molecule has 16 heavy (non-hydrogen) atoms. The van der Waals surface area contributed by atoms with Gasteiger partial charge in [-0.3, -0.25) is 0 Å². The average molecular weight is 219 g/mol. The molecule has 0 aromatic heterocycles. The van der Waals surface area contributed by atoms with Crippen molar-refractivity contribution in [3.63, 3.8) is 0 Å². The first-order chi connectivity index (χ1) is 7.81. The van der Waals surface area contributed by atoms with Crippen molar-refractivity contribution in [2.75, 3.05) is 6.54 Å². The van der Waals surface area contributed by atoms with E-state index in [1.807, 2.05) is 0 Å². The first-order valence-corrected chi connectivity index (χ1v) is 6.17. The van der Waals surface area contributed by atoms with Gasteiger partial charge in [0.25, 0.3) is 0 Å². The van der Waals surface area contributed by atoms with Crippen molar-refractivity contribution in [1.82, 2.24) is 0 Å². The molecule has 1 aliphatic rings. The van der Waals surface area contributed by atoms with E-state index in [0.29, 0.717) is 12.0 Å². The first kappa shape index (κ1) is 11.6. The Hall–Kier alpha value is -0.860. The van der Waals surface area contributed by atoms with Crippen LogP contribution in [0.15, 0.2) is 24.3 Å². The molecule has 0 heterocycles. The summed E-state index contributed by atoms with van der Waals surface area (Å²) in [5.74, 6) is 0.573. The highest BCUT2D eigenvalue weighted by Gasteiger charge is 2.26. The lowest BCUT2D eigenvalue weighted by Crippen LogP contribution is -2.25. The van der Waals surface area contributed by atoms with Crippen LogP contribution in [0, 0.1) is 12.8 Å². The summed E-state index contributed by atoms with van der Waals surface area (Å²) in [5.41, 5.74) is 8.35. The molecule has 0 saturated heterocycles. The van der Waals surface area contributed by atoms with E-state index in [9.17, 15) is 0 Å². The van der Waals surface area contributed by atoms with Crippen LogP contribution in [-0.2, 0) is 11.3 Å². The smallest absolute Gasteiger partial charge is 0.0723 e. The zero-order valence-electron chi connectivity index (χ0n) is 9.99. The van der Waals surface area contributed by atoms with Crippen LogP contribution in [-0.4, -0.2) is 12.6 Å². The Balaban J connectivity index is 1.90. The fourth-order valence-electron chi connectivity index (χ4n) is 2.46. The summed E-state index contributed by atoms with van der Waals surface area (Å²) >= 11 is 0. The van der Waals surface area contributed by atoms with Crippen molar-refractivity contribution in [3.05, 3.63) is 35.4 Å². The van der Waals surface area contributed by atoms with Gasteiger partial charge in [0.15, 0.2) is 0 Å². The van der Waals surface area contributed by atoms with Gasteiger partial charge in [0.2, 0.25) is 0 Å². The maximum absolute atomic E-state index is 5.99. The average Bonchev–Trinajstić information content (AvgIpc) is 2.75. The molecule has 0 aliphatic heterocycles. The van der Waals surface area contributed by atoms with Crippen LogP contribution >= 0.6 is 0 Å². The van der Waals surface area contributed by atoms with Crippen LogP contribution in [0.5, 0.6) is 0 Å². The van der Waals surface area contributed by atoms with Gasteiger partial charge < -0.3 is 10.5 Å². The Morgan fingerprint density at radius 2 is 2.12 bits per heavy atom. The van der Waals surface area contributed by atoms with Gasteiger partial charge in [0.1, 0.15) is 0 Å². The molecule has 1 aromatic carbocycles. The van der Waals surface area contributed by atoms with Gasteiger partial charge in [-0.1, -0.05) is 30.7 Å². The quantitative estimate of drug-likeness (QED) is 0.845. The minimum Gasteiger partial charge on any atom is -0.373 e. The molecule has 2 N–H and O–H groups in total. The summed E-state index contributed by atoms with van der Waals surface area (Å²) < 4.78 is 5.99. The molecule has 88 valence electrons. The van der Waals surface area contributed by atoms with Crippen molar-refractivity contribution >= 4 is 0 Å². The molecule has 2 unspecified atom stereocenters. The van der Waals surface area contributed by atoms with E-state index in [4.69, 9.17) is 10.5 Å². The molecule has 0 amide bonds. The van der Waals surface area contributed by atoms with Crippen molar-refractivity contribution in [2.24, 2.45) is 11.7 Å². The normalized spacial score (nSPS) is 24.9. The van der Waals surface area contributed by atoms with E-state index in [1.165, 1.54) is 30.4 Å². The molecule has 1 saturated carbocycles. The lowest BCUT2D eigenvalue weighted by molar-refractivity contribution is 0.0180. The summed E-state index contributed by atoms with van der Waals surface area (Å²) in [6, 6.07) is 8.41. The van der Waals surface area contributed by atoms with Crippen molar-refractivity contribution in [2.45, 2.75) is 38.9 Å². The molecule has 0 bridgehead atoms. The van der Waals surface area contributed by atoms with Crippen LogP contribution in [0.3, 0.4) is 0 Å². The highest BCUT2D eigenvalue weighted by atomic mass is 16.5. The molecule has 2 nitrogen and oxygen atoms in total. The lowest BCUT2D eigenvalue weighted by Gasteiger charge is -2.19. The van der Waals surface area contributed by atoms with Gasteiger partial charge in [-0.15, -0.1) is 0 Å². The van der Waals surface area contributed by atoms with Crippen LogP contribution in [0.2, 0.25) is 0 Å². The third kappa shape index (κ3) is 2.63. The second kappa shape index (κ2) is 5.46. The maximum atomic E-state index is 5.99. The molecule has 1 aliphatic carbocycles. The van der Waals surface area contributed by atoms with E-state index in [2.05, 4.69) is 31.2 Å². The molecular weight excluding hydrogens is 198 g/mol. The van der Waals surface area contributed by atoms with Gasteiger partial charge >= 0.3 is 0 Å². The molecule has 1 fully saturated rings. The number of hydrogen-bond acceptors (Lipinski definition) is 2. The van der Waals surface area contributed by atoms with E-state index >= 15 is 0 Å². The third-order valence-corrected chi connectivity index (χ3v) is 3.61. The number of ether oxygens (including phenoxy) is 1. The lowest BCUT2D eigenvalue weighted by atomic mass is 10.1. The number of hydrogen-bond donors (Lipinski definition) is 1. The summed E-state index contributed by atoms with van der Waals surface area (Å²) in [6.45, 7) is 3.63. The summed E-state index contributed by atoms with van der Waals surface area (Å²) in [4.78, 5) is 0.